The predicted molar refractivity (Wildman–Crippen MR) is 144 cm³/mol. The molecule has 44 heavy (non-hydrogen) atoms. The number of hydrogen-bond donors (Lipinski definition) is 12. The molecule has 0 aromatic rings. The molecule has 17 nitrogen and oxygen atoms in total. The van der Waals surface area contributed by atoms with E-state index in [1.807, 2.05) is 0 Å². The topological polar surface area (TPSA) is 281 Å². The first-order valence-electron chi connectivity index (χ1n) is 14.8. The molecule has 0 aromatic heterocycles. The molecule has 3 heterocycles. The highest BCUT2D eigenvalue weighted by molar-refractivity contribution is 5.22. The van der Waals surface area contributed by atoms with Gasteiger partial charge in [-0.3, -0.25) is 0 Å². The van der Waals surface area contributed by atoms with Crippen molar-refractivity contribution in [3.8, 4) is 0 Å². The van der Waals surface area contributed by atoms with Gasteiger partial charge in [-0.2, -0.15) is 0 Å². The van der Waals surface area contributed by atoms with Crippen LogP contribution in [0.3, 0.4) is 0 Å². The minimum absolute atomic E-state index is 0.0459. The summed E-state index contributed by atoms with van der Waals surface area (Å²) >= 11 is 0. The van der Waals surface area contributed by atoms with Gasteiger partial charge in [0.25, 0.3) is 0 Å². The molecule has 0 aromatic carbocycles. The van der Waals surface area contributed by atoms with Crippen LogP contribution in [0.1, 0.15) is 27.2 Å². The van der Waals surface area contributed by atoms with Crippen LogP contribution in [0.5, 0.6) is 0 Å². The maximum Gasteiger partial charge on any atom is 0.187 e. The summed E-state index contributed by atoms with van der Waals surface area (Å²) in [6.07, 6.45) is -22.0. The van der Waals surface area contributed by atoms with E-state index in [0.29, 0.717) is 6.42 Å². The number of aliphatic hydroxyl groups is 11. The highest BCUT2D eigenvalue weighted by Gasteiger charge is 2.53. The van der Waals surface area contributed by atoms with Crippen LogP contribution in [-0.2, 0) is 23.7 Å². The van der Waals surface area contributed by atoms with Crippen molar-refractivity contribution in [2.24, 2.45) is 0 Å². The molecule has 19 atom stereocenters. The van der Waals surface area contributed by atoms with E-state index in [9.17, 15) is 56.2 Å². The van der Waals surface area contributed by atoms with Gasteiger partial charge in [-0.1, -0.05) is 13.0 Å². The molecule has 3 aliphatic heterocycles. The normalized spacial score (nSPS) is 52.0. The van der Waals surface area contributed by atoms with E-state index in [-0.39, 0.29) is 5.57 Å². The van der Waals surface area contributed by atoms with Gasteiger partial charge in [0.15, 0.2) is 12.6 Å². The van der Waals surface area contributed by atoms with E-state index in [1.54, 1.807) is 13.8 Å². The Bertz CT molecular complexity index is 957. The van der Waals surface area contributed by atoms with Crippen LogP contribution >= 0.6 is 0 Å². The summed E-state index contributed by atoms with van der Waals surface area (Å²) in [6.45, 7) is 3.53. The molecule has 0 amide bonds. The van der Waals surface area contributed by atoms with Crippen molar-refractivity contribution < 1.29 is 79.9 Å². The molecular formula is C27H47NO16. The molecule has 0 saturated carbocycles. The van der Waals surface area contributed by atoms with Crippen molar-refractivity contribution in [3.05, 3.63) is 11.6 Å². The molecule has 0 radical (unpaired) electrons. The lowest BCUT2D eigenvalue weighted by molar-refractivity contribution is -0.366. The van der Waals surface area contributed by atoms with Crippen LogP contribution in [-0.4, -0.2) is 186 Å². The molecule has 4 aliphatic rings. The van der Waals surface area contributed by atoms with Crippen molar-refractivity contribution in [3.63, 3.8) is 0 Å². The van der Waals surface area contributed by atoms with E-state index in [2.05, 4.69) is 5.32 Å². The molecule has 19 unspecified atom stereocenters. The van der Waals surface area contributed by atoms with Gasteiger partial charge >= 0.3 is 0 Å². The summed E-state index contributed by atoms with van der Waals surface area (Å²) in [7, 11) is 0. The predicted octanol–water partition coefficient (Wildman–Crippen LogP) is -6.08. The van der Waals surface area contributed by atoms with Crippen molar-refractivity contribution >= 4 is 0 Å². The molecule has 3 saturated heterocycles. The van der Waals surface area contributed by atoms with Gasteiger partial charge in [-0.15, -0.1) is 0 Å². The van der Waals surface area contributed by atoms with Gasteiger partial charge in [0.1, 0.15) is 73.2 Å². The maximum atomic E-state index is 11.0. The van der Waals surface area contributed by atoms with Crippen molar-refractivity contribution in [2.45, 2.75) is 143 Å². The van der Waals surface area contributed by atoms with E-state index >= 15 is 0 Å². The summed E-state index contributed by atoms with van der Waals surface area (Å²) in [5.74, 6) is 0. The summed E-state index contributed by atoms with van der Waals surface area (Å²) in [5, 5.41) is 117. The van der Waals surface area contributed by atoms with E-state index in [4.69, 9.17) is 23.7 Å². The Hall–Kier alpha value is -0.940. The smallest absolute Gasteiger partial charge is 0.187 e. The lowest BCUT2D eigenvalue weighted by Gasteiger charge is -2.49. The highest BCUT2D eigenvalue weighted by Crippen LogP contribution is 2.33. The van der Waals surface area contributed by atoms with Crippen LogP contribution < -0.4 is 5.32 Å². The van der Waals surface area contributed by atoms with Crippen LogP contribution in [0, 0.1) is 0 Å². The Morgan fingerprint density at radius 2 is 1.23 bits per heavy atom. The van der Waals surface area contributed by atoms with E-state index in [1.165, 1.54) is 13.0 Å². The third kappa shape index (κ3) is 6.99. The second kappa shape index (κ2) is 14.9. The van der Waals surface area contributed by atoms with Crippen LogP contribution in [0.2, 0.25) is 0 Å². The first-order valence-corrected chi connectivity index (χ1v) is 14.8. The molecule has 4 rings (SSSR count). The van der Waals surface area contributed by atoms with Crippen molar-refractivity contribution in [2.75, 3.05) is 13.2 Å². The minimum atomic E-state index is -1.79. The minimum Gasteiger partial charge on any atom is -0.394 e. The summed E-state index contributed by atoms with van der Waals surface area (Å²) in [5.41, 5.74) is 0.0459. The Morgan fingerprint density at radius 1 is 0.659 bits per heavy atom. The van der Waals surface area contributed by atoms with Gasteiger partial charge in [0.2, 0.25) is 0 Å². The molecule has 0 bridgehead atoms. The quantitative estimate of drug-likeness (QED) is 0.104. The zero-order valence-corrected chi connectivity index (χ0v) is 24.6. The monoisotopic (exact) mass is 641 g/mol. The van der Waals surface area contributed by atoms with E-state index < -0.39 is 129 Å². The van der Waals surface area contributed by atoms with Crippen LogP contribution in [0.25, 0.3) is 0 Å². The van der Waals surface area contributed by atoms with Crippen molar-refractivity contribution in [1.82, 2.24) is 5.32 Å². The Labute approximate surface area is 253 Å². The molecule has 3 fully saturated rings. The van der Waals surface area contributed by atoms with E-state index in [0.717, 1.165) is 0 Å². The zero-order chi connectivity index (χ0) is 32.6. The number of hydrogen-bond acceptors (Lipinski definition) is 17. The van der Waals surface area contributed by atoms with Crippen LogP contribution in [0.4, 0.5) is 0 Å². The second-order valence-electron chi connectivity index (χ2n) is 11.9. The van der Waals surface area contributed by atoms with Crippen molar-refractivity contribution in [1.29, 1.82) is 0 Å². The lowest BCUT2D eigenvalue weighted by atomic mass is 9.86. The van der Waals surface area contributed by atoms with Gasteiger partial charge < -0.3 is 85.2 Å². The molecule has 1 aliphatic carbocycles. The zero-order valence-electron chi connectivity index (χ0n) is 24.6. The second-order valence-corrected chi connectivity index (χ2v) is 11.9. The Balaban J connectivity index is 1.42. The molecule has 256 valence electrons. The number of ether oxygens (including phenoxy) is 5. The Kier molecular flexibility index (Phi) is 12.1. The highest BCUT2D eigenvalue weighted by atomic mass is 16.7. The average molecular weight is 642 g/mol. The SMILES string of the molecule is CCC1OC(C)C(O)C(O)C1OC1OC(CO)C(OC2OC(C)C(NC3C=C(CO)C(O)C(O)C3O)C(O)C2O)C(O)C1O. The molecule has 12 N–H and O–H groups in total. The van der Waals surface area contributed by atoms with Gasteiger partial charge in [0.05, 0.1) is 43.6 Å². The van der Waals surface area contributed by atoms with Gasteiger partial charge in [-0.05, 0) is 25.8 Å². The lowest BCUT2D eigenvalue weighted by Crippen LogP contribution is -2.68. The van der Waals surface area contributed by atoms with Gasteiger partial charge in [-0.25, -0.2) is 0 Å². The Morgan fingerprint density at radius 3 is 1.82 bits per heavy atom. The van der Waals surface area contributed by atoms with Crippen LogP contribution in [0.15, 0.2) is 11.6 Å². The largest absolute Gasteiger partial charge is 0.394 e. The fourth-order valence-corrected chi connectivity index (χ4v) is 6.20. The fraction of sp³-hybridized carbons (Fsp3) is 0.926. The number of aliphatic hydroxyl groups excluding tert-OH is 11. The third-order valence-electron chi connectivity index (χ3n) is 8.96. The number of nitrogens with one attached hydrogen (secondary N) is 1. The first kappa shape index (κ1) is 35.9. The fourth-order valence-electron chi connectivity index (χ4n) is 6.20. The summed E-state index contributed by atoms with van der Waals surface area (Å²) in [6, 6.07) is -2.10. The standard InChI is InChI=1S/C27H47NO16/c1-4-12-24(20(36)15(31)9(3)40-12)43-27-23(39)21(37)25(13(7-30)42-27)44-26-22(38)18(34)14(8(2)41-26)28-11-5-10(6-29)16(32)19(35)17(11)33/h5,8-9,11-39H,4,6-7H2,1-3H3. The average Bonchev–Trinajstić information content (AvgIpc) is 3.00. The number of rotatable bonds is 9. The maximum absolute atomic E-state index is 11.0. The molecule has 17 heteroatoms. The third-order valence-corrected chi connectivity index (χ3v) is 8.96. The first-order chi connectivity index (χ1) is 20.7. The molecule has 0 spiro atoms. The summed E-state index contributed by atoms with van der Waals surface area (Å²) in [4.78, 5) is 0. The molecular weight excluding hydrogens is 594 g/mol. The summed E-state index contributed by atoms with van der Waals surface area (Å²) < 4.78 is 28.6. The van der Waals surface area contributed by atoms with Gasteiger partial charge in [0, 0.05) is 0 Å².